The van der Waals surface area contributed by atoms with Gasteiger partial charge in [-0.2, -0.15) is 4.98 Å². The Labute approximate surface area is 104 Å². The van der Waals surface area contributed by atoms with Crippen molar-refractivity contribution in [1.82, 2.24) is 14.6 Å². The van der Waals surface area contributed by atoms with Crippen LogP contribution in [-0.2, 0) is 4.74 Å². The van der Waals surface area contributed by atoms with Gasteiger partial charge >= 0.3 is 0 Å². The van der Waals surface area contributed by atoms with E-state index in [0.29, 0.717) is 24.7 Å². The molecule has 0 saturated carbocycles. The molecule has 0 aliphatic rings. The number of nitrogens with zero attached hydrogens (tertiary/aromatic N) is 3. The van der Waals surface area contributed by atoms with Crippen LogP contribution in [0.3, 0.4) is 0 Å². The van der Waals surface area contributed by atoms with Crippen molar-refractivity contribution in [2.75, 3.05) is 18.5 Å². The number of anilines is 1. The van der Waals surface area contributed by atoms with Crippen LogP contribution >= 0.6 is 0 Å². The SMILES string of the molecule is C=CCOC(C)CNc1nc2ccc(F)cn2n1. The van der Waals surface area contributed by atoms with E-state index in [0.717, 1.165) is 0 Å². The summed E-state index contributed by atoms with van der Waals surface area (Å²) in [4.78, 5) is 4.20. The molecule has 6 heteroatoms. The molecule has 2 rings (SSSR count). The zero-order chi connectivity index (χ0) is 13.0. The lowest BCUT2D eigenvalue weighted by Crippen LogP contribution is -2.20. The molecular weight excluding hydrogens is 235 g/mol. The summed E-state index contributed by atoms with van der Waals surface area (Å²) < 4.78 is 19.8. The lowest BCUT2D eigenvalue weighted by molar-refractivity contribution is 0.0978. The molecule has 0 bridgehead atoms. The van der Waals surface area contributed by atoms with Crippen molar-refractivity contribution in [1.29, 1.82) is 0 Å². The third-order valence-electron chi connectivity index (χ3n) is 2.34. The van der Waals surface area contributed by atoms with Gasteiger partial charge in [0.2, 0.25) is 5.95 Å². The third kappa shape index (κ3) is 3.04. The Kier molecular flexibility index (Phi) is 3.88. The number of nitrogens with one attached hydrogen (secondary N) is 1. The van der Waals surface area contributed by atoms with Crippen LogP contribution in [0.4, 0.5) is 10.3 Å². The molecular formula is C12H15FN4O. The van der Waals surface area contributed by atoms with E-state index in [4.69, 9.17) is 4.74 Å². The summed E-state index contributed by atoms with van der Waals surface area (Å²) in [6.07, 6.45) is 3.00. The van der Waals surface area contributed by atoms with Crippen LogP contribution in [0.2, 0.25) is 0 Å². The van der Waals surface area contributed by atoms with Crippen molar-refractivity contribution in [3.05, 3.63) is 36.8 Å². The summed E-state index contributed by atoms with van der Waals surface area (Å²) in [6, 6.07) is 2.93. The second kappa shape index (κ2) is 5.59. The first-order valence-electron chi connectivity index (χ1n) is 5.67. The number of fused-ring (bicyclic) bond motifs is 1. The number of hydrogen-bond donors (Lipinski definition) is 1. The summed E-state index contributed by atoms with van der Waals surface area (Å²) in [7, 11) is 0. The maximum absolute atomic E-state index is 13.0. The molecule has 2 aromatic rings. The molecule has 0 aromatic carbocycles. The first kappa shape index (κ1) is 12.5. The summed E-state index contributed by atoms with van der Waals surface area (Å²) in [5, 5.41) is 7.14. The van der Waals surface area contributed by atoms with Gasteiger partial charge in [-0.1, -0.05) is 6.08 Å². The minimum absolute atomic E-state index is 0.0198. The number of pyridine rings is 1. The van der Waals surface area contributed by atoms with Crippen LogP contribution in [0.5, 0.6) is 0 Å². The van der Waals surface area contributed by atoms with Gasteiger partial charge in [-0.15, -0.1) is 11.7 Å². The molecule has 5 nitrogen and oxygen atoms in total. The smallest absolute Gasteiger partial charge is 0.243 e. The fourth-order valence-electron chi connectivity index (χ4n) is 1.46. The first-order valence-corrected chi connectivity index (χ1v) is 5.67. The molecule has 0 saturated heterocycles. The van der Waals surface area contributed by atoms with Gasteiger partial charge < -0.3 is 10.1 Å². The molecule has 0 radical (unpaired) electrons. The van der Waals surface area contributed by atoms with E-state index in [1.54, 1.807) is 12.1 Å². The van der Waals surface area contributed by atoms with Crippen LogP contribution in [0.15, 0.2) is 31.0 Å². The second-order valence-corrected chi connectivity index (χ2v) is 3.90. The minimum atomic E-state index is -0.346. The maximum atomic E-state index is 13.0. The largest absolute Gasteiger partial charge is 0.373 e. The van der Waals surface area contributed by atoms with Crippen molar-refractivity contribution in [2.45, 2.75) is 13.0 Å². The molecule has 1 N–H and O–H groups in total. The highest BCUT2D eigenvalue weighted by Gasteiger charge is 2.06. The summed E-state index contributed by atoms with van der Waals surface area (Å²) in [6.45, 7) is 6.60. The molecule has 0 aliphatic carbocycles. The fraction of sp³-hybridized carbons (Fsp3) is 0.333. The van der Waals surface area contributed by atoms with Gasteiger partial charge in [0.1, 0.15) is 5.82 Å². The average molecular weight is 250 g/mol. The lowest BCUT2D eigenvalue weighted by Gasteiger charge is -2.11. The average Bonchev–Trinajstić information content (AvgIpc) is 2.75. The number of rotatable bonds is 6. The van der Waals surface area contributed by atoms with Crippen molar-refractivity contribution in [3.8, 4) is 0 Å². The third-order valence-corrected chi connectivity index (χ3v) is 2.34. The van der Waals surface area contributed by atoms with E-state index >= 15 is 0 Å². The molecule has 1 unspecified atom stereocenters. The Balaban J connectivity index is 1.97. The van der Waals surface area contributed by atoms with E-state index in [-0.39, 0.29) is 11.9 Å². The molecule has 2 heterocycles. The molecule has 18 heavy (non-hydrogen) atoms. The highest BCUT2D eigenvalue weighted by molar-refractivity contribution is 5.43. The van der Waals surface area contributed by atoms with Gasteiger partial charge in [0.05, 0.1) is 18.9 Å². The Morgan fingerprint density at radius 1 is 1.61 bits per heavy atom. The van der Waals surface area contributed by atoms with E-state index in [9.17, 15) is 4.39 Å². The van der Waals surface area contributed by atoms with Gasteiger partial charge in [-0.3, -0.25) is 0 Å². The Bertz CT molecular complexity index is 540. The van der Waals surface area contributed by atoms with E-state index in [2.05, 4.69) is 22.0 Å². The van der Waals surface area contributed by atoms with E-state index in [1.807, 2.05) is 6.92 Å². The molecule has 0 fully saturated rings. The predicted octanol–water partition coefficient (Wildman–Crippen LogP) is 1.87. The van der Waals surface area contributed by atoms with Crippen molar-refractivity contribution in [3.63, 3.8) is 0 Å². The van der Waals surface area contributed by atoms with Crippen LogP contribution in [0.25, 0.3) is 5.65 Å². The minimum Gasteiger partial charge on any atom is -0.373 e. The number of ether oxygens (including phenoxy) is 1. The maximum Gasteiger partial charge on any atom is 0.243 e. The van der Waals surface area contributed by atoms with Gasteiger partial charge in [0.15, 0.2) is 5.65 Å². The van der Waals surface area contributed by atoms with Crippen LogP contribution in [0.1, 0.15) is 6.92 Å². The van der Waals surface area contributed by atoms with Crippen LogP contribution in [-0.4, -0.2) is 33.9 Å². The summed E-state index contributed by atoms with van der Waals surface area (Å²) in [5.41, 5.74) is 0.596. The van der Waals surface area contributed by atoms with Gasteiger partial charge in [-0.25, -0.2) is 8.91 Å². The Morgan fingerprint density at radius 3 is 3.22 bits per heavy atom. The van der Waals surface area contributed by atoms with Gasteiger partial charge in [0, 0.05) is 6.54 Å². The number of halogens is 1. The molecule has 2 aromatic heterocycles. The molecule has 1 atom stereocenters. The highest BCUT2D eigenvalue weighted by atomic mass is 19.1. The quantitative estimate of drug-likeness (QED) is 0.795. The fourth-order valence-corrected chi connectivity index (χ4v) is 1.46. The molecule has 96 valence electrons. The highest BCUT2D eigenvalue weighted by Crippen LogP contribution is 2.07. The monoisotopic (exact) mass is 250 g/mol. The number of hydrogen-bond acceptors (Lipinski definition) is 4. The second-order valence-electron chi connectivity index (χ2n) is 3.90. The van der Waals surface area contributed by atoms with E-state index < -0.39 is 0 Å². The zero-order valence-electron chi connectivity index (χ0n) is 10.1. The van der Waals surface area contributed by atoms with E-state index in [1.165, 1.54) is 16.8 Å². The Hall–Kier alpha value is -1.95. The normalized spacial score (nSPS) is 12.6. The zero-order valence-corrected chi connectivity index (χ0v) is 10.1. The number of aromatic nitrogens is 3. The molecule has 0 aliphatic heterocycles. The van der Waals surface area contributed by atoms with Crippen molar-refractivity contribution < 1.29 is 9.13 Å². The van der Waals surface area contributed by atoms with Gasteiger partial charge in [-0.05, 0) is 19.1 Å². The molecule has 0 amide bonds. The van der Waals surface area contributed by atoms with Gasteiger partial charge in [0.25, 0.3) is 0 Å². The topological polar surface area (TPSA) is 51.5 Å². The molecule has 0 spiro atoms. The van der Waals surface area contributed by atoms with Crippen molar-refractivity contribution in [2.24, 2.45) is 0 Å². The predicted molar refractivity (Wildman–Crippen MR) is 67.0 cm³/mol. The van der Waals surface area contributed by atoms with Crippen LogP contribution < -0.4 is 5.32 Å². The summed E-state index contributed by atoms with van der Waals surface area (Å²) in [5.74, 6) is 0.108. The summed E-state index contributed by atoms with van der Waals surface area (Å²) >= 11 is 0. The van der Waals surface area contributed by atoms with Crippen LogP contribution in [0, 0.1) is 5.82 Å². The standard InChI is InChI=1S/C12H15FN4O/c1-3-6-18-9(2)7-14-12-15-11-5-4-10(13)8-17(11)16-12/h3-5,8-9H,1,6-7H2,2H3,(H,14,16). The first-order chi connectivity index (χ1) is 8.69. The van der Waals surface area contributed by atoms with Crippen molar-refractivity contribution >= 4 is 11.6 Å². The lowest BCUT2D eigenvalue weighted by atomic mass is 10.4. The Morgan fingerprint density at radius 2 is 2.44 bits per heavy atom.